The van der Waals surface area contributed by atoms with E-state index in [4.69, 9.17) is 0 Å². The van der Waals surface area contributed by atoms with Crippen LogP contribution < -0.4 is 0 Å². The van der Waals surface area contributed by atoms with Crippen LogP contribution in [0.2, 0.25) is 0 Å². The SMILES string of the molecule is CC(C)C.CC(C)C.CC(C)C.CC(C)C.CC(C)C.CC(C)C.CC(C)C.CC(C)C.CC(C)C.CC(C)C.CC(C)c1cnon1.CC(C)c1nnno1.CC(C)c1nnns1.c1ccnnc1.c1cn[nH]c1.c1cnncn1.c1cnnnc1.c1cnoc1.c1cnsn1.c1cocn1.c1conn1.c1nnon1.c1nnsn1. The Morgan fingerprint density at radius 1 is 0.325 bits per heavy atom. The van der Waals surface area contributed by atoms with E-state index in [9.17, 15) is 0 Å². The summed E-state index contributed by atoms with van der Waals surface area (Å²) in [6.07, 6.45) is 32.4. The van der Waals surface area contributed by atoms with E-state index in [1.54, 1.807) is 86.5 Å². The summed E-state index contributed by atoms with van der Waals surface area (Å²) in [4.78, 5) is 7.17. The molecule has 0 amide bonds. The number of hydrogen-bond acceptors (Lipinski definition) is 38. The van der Waals surface area contributed by atoms with Gasteiger partial charge in [0.05, 0.1) is 89.8 Å². The summed E-state index contributed by atoms with van der Waals surface area (Å²) < 4.78 is 43.9. The second kappa shape index (κ2) is 110. The van der Waals surface area contributed by atoms with Crippen LogP contribution in [0.15, 0.2) is 188 Å². The lowest BCUT2D eigenvalue weighted by molar-refractivity contribution is 0.292. The summed E-state index contributed by atoms with van der Waals surface area (Å²) >= 11 is 3.67. The standard InChI is InChI=1S/C5H8N2O.C4H7N3O.C4H7N3S.C4H4N2.10C4H10.2C3H3N3.C3H4N2.2C3H3NO.C2H2N2O.C2H2N2S.CHN3O.CHN3S/c1-4(2)5-3-6-8-7-5;2*1-3(2)4-5-6-7-8-4;1-2-4-6-5-3-1;10*1-4(2)3;1-2-5-6-3-4-1;1-2-4-6-5-3-1;1-2-4-5-3-1;1-2-5-3-4-1;1-2-4-5-3-1;1-2-5-4-3-1;3*1-2-4-5-3-1/h3-4H,1-2H3;2*3H,1-2H3;1-4H;10*4H,1-3H3;2*1-3H;1-3H,(H,4,5);2*1-3H;2*1-2H;2*1H. The zero-order chi connectivity index (χ0) is 91.2. The summed E-state index contributed by atoms with van der Waals surface area (Å²) in [6.45, 7) is 77.2. The van der Waals surface area contributed by atoms with Gasteiger partial charge in [0.2, 0.25) is 0 Å². The van der Waals surface area contributed by atoms with Crippen molar-refractivity contribution in [3.05, 3.63) is 178 Å². The molecule has 117 heavy (non-hydrogen) atoms. The first kappa shape index (κ1) is 127. The molecule has 0 atom stereocenters. The van der Waals surface area contributed by atoms with E-state index in [1.807, 2.05) is 45.9 Å². The van der Waals surface area contributed by atoms with Crippen LogP contribution in [0, 0.1) is 59.2 Å². The van der Waals surface area contributed by atoms with Gasteiger partial charge < -0.3 is 18.0 Å². The molecule has 0 aromatic carbocycles. The van der Waals surface area contributed by atoms with Crippen LogP contribution in [0.5, 0.6) is 0 Å². The van der Waals surface area contributed by atoms with Gasteiger partial charge in [-0.25, -0.2) is 19.2 Å². The zero-order valence-corrected chi connectivity index (χ0v) is 79.6. The Kier molecular flexibility index (Phi) is 120. The van der Waals surface area contributed by atoms with Gasteiger partial charge in [-0.2, -0.15) is 33.5 Å². The molecule has 1 N–H and O–H groups in total. The Bertz CT molecular complexity index is 2590. The summed E-state index contributed by atoms with van der Waals surface area (Å²) in [6, 6.07) is 8.92. The second-order valence-electron chi connectivity index (χ2n) is 29.8. The highest BCUT2D eigenvalue weighted by Gasteiger charge is 2.04. The Labute approximate surface area is 712 Å². The average molecular weight is 1700 g/mol. The van der Waals surface area contributed by atoms with Gasteiger partial charge in [-0.1, -0.05) is 284 Å². The van der Waals surface area contributed by atoms with Crippen LogP contribution in [-0.4, -0.2) is 150 Å². The molecule has 0 unspecified atom stereocenters. The smallest absolute Gasteiger partial charge is 0.250 e. The summed E-state index contributed by atoms with van der Waals surface area (Å²) in [5, 5.41) is 78.1. The largest absolute Gasteiger partial charge is 0.452 e. The molecule has 13 aromatic rings. The third kappa shape index (κ3) is 198. The number of aromatic amines is 1. The number of nitrogens with zero attached hydrogens (tertiary/aromatic N) is 29. The molecule has 13 heterocycles. The Morgan fingerprint density at radius 3 is 0.991 bits per heavy atom. The molecular formula is C78H148N30O6S3. The molecule has 664 valence electrons. The van der Waals surface area contributed by atoms with Crippen LogP contribution in [0.4, 0.5) is 0 Å². The highest BCUT2D eigenvalue weighted by molar-refractivity contribution is 7.05. The molecule has 0 saturated carbocycles. The number of hydrogen-bond donors (Lipinski definition) is 1. The Morgan fingerprint density at radius 2 is 0.855 bits per heavy atom. The number of oxazole rings is 1. The predicted molar refractivity (Wildman–Crippen MR) is 469 cm³/mol. The van der Waals surface area contributed by atoms with Gasteiger partial charge in [0.15, 0.2) is 19.0 Å². The monoisotopic (exact) mass is 1700 g/mol. The van der Waals surface area contributed by atoms with E-state index >= 15 is 0 Å². The molecule has 0 aliphatic heterocycles. The average Bonchev–Trinajstić information content (AvgIpc) is 1.84. The fraction of sp³-hybridized carbons (Fsp3) is 0.628. The van der Waals surface area contributed by atoms with Gasteiger partial charge in [-0.05, 0) is 110 Å². The minimum absolute atomic E-state index is 0.282. The summed E-state index contributed by atoms with van der Waals surface area (Å²) in [5.41, 5.74) is 0.907. The summed E-state index contributed by atoms with van der Waals surface area (Å²) in [5.74, 6) is 10.1. The van der Waals surface area contributed by atoms with Crippen molar-refractivity contribution in [2.24, 2.45) is 59.2 Å². The molecule has 13 aromatic heterocycles. The number of aromatic nitrogens is 30. The van der Waals surface area contributed by atoms with Crippen molar-refractivity contribution in [1.29, 1.82) is 0 Å². The Balaban J connectivity index is -0.000000128. The van der Waals surface area contributed by atoms with Gasteiger partial charge in [-0.3, -0.25) is 5.10 Å². The van der Waals surface area contributed by atoms with Crippen molar-refractivity contribution in [3.63, 3.8) is 0 Å². The second-order valence-corrected chi connectivity index (χ2v) is 31.7. The lowest BCUT2D eigenvalue weighted by Crippen LogP contribution is -1.85. The summed E-state index contributed by atoms with van der Waals surface area (Å²) in [7, 11) is 0. The molecule has 0 aliphatic rings. The van der Waals surface area contributed by atoms with E-state index in [1.165, 1.54) is 79.8 Å². The van der Waals surface area contributed by atoms with Gasteiger partial charge >= 0.3 is 0 Å². The maximum absolute atomic E-state index is 4.62. The lowest BCUT2D eigenvalue weighted by Gasteiger charge is -1.91. The first-order chi connectivity index (χ1) is 55.2. The molecule has 0 bridgehead atoms. The van der Waals surface area contributed by atoms with Crippen molar-refractivity contribution in [2.45, 2.75) is 267 Å². The quantitative estimate of drug-likeness (QED) is 0.172. The molecule has 0 fully saturated rings. The first-order valence-electron chi connectivity index (χ1n) is 38.4. The van der Waals surface area contributed by atoms with Gasteiger partial charge in [0, 0.05) is 65.5 Å². The molecule has 39 heteroatoms. The molecule has 0 saturated heterocycles. The fourth-order valence-electron chi connectivity index (χ4n) is 2.86. The van der Waals surface area contributed by atoms with Gasteiger partial charge in [0.1, 0.15) is 35.8 Å². The van der Waals surface area contributed by atoms with E-state index in [0.717, 1.165) is 81.6 Å². The topological polar surface area (TPSA) is 468 Å². The molecular weight excluding hydrogens is 1550 g/mol. The van der Waals surface area contributed by atoms with E-state index in [0.29, 0.717) is 17.7 Å². The number of nitrogens with one attached hydrogen (secondary N) is 1. The predicted octanol–water partition coefficient (Wildman–Crippen LogP) is 21.4. The molecule has 13 rings (SSSR count). The van der Waals surface area contributed by atoms with Crippen LogP contribution in [0.3, 0.4) is 0 Å². The van der Waals surface area contributed by atoms with Gasteiger partial charge in [0.25, 0.3) is 5.89 Å². The molecule has 0 aliphatic carbocycles. The Hall–Kier alpha value is -10.3. The van der Waals surface area contributed by atoms with E-state index < -0.39 is 0 Å². The van der Waals surface area contributed by atoms with Crippen LogP contribution in [-0.2, 0) is 0 Å². The van der Waals surface area contributed by atoms with Crippen molar-refractivity contribution in [3.8, 4) is 0 Å². The van der Waals surface area contributed by atoms with E-state index in [2.05, 4.69) is 399 Å². The maximum Gasteiger partial charge on any atom is 0.250 e. The van der Waals surface area contributed by atoms with E-state index in [-0.39, 0.29) is 5.92 Å². The number of H-pyrrole nitrogens is 1. The highest BCUT2D eigenvalue weighted by atomic mass is 32.1. The van der Waals surface area contributed by atoms with Crippen LogP contribution >= 0.6 is 35.0 Å². The third-order valence-corrected chi connectivity index (χ3v) is 7.69. The van der Waals surface area contributed by atoms with Crippen molar-refractivity contribution < 1.29 is 27.2 Å². The van der Waals surface area contributed by atoms with Crippen LogP contribution in [0.25, 0.3) is 0 Å². The lowest BCUT2D eigenvalue weighted by atomic mass is 10.2. The normalized spacial score (nSPS) is 8.83. The third-order valence-electron chi connectivity index (χ3n) is 6.01. The zero-order valence-electron chi connectivity index (χ0n) is 77.2. The van der Waals surface area contributed by atoms with Crippen molar-refractivity contribution in [2.75, 3.05) is 0 Å². The maximum atomic E-state index is 4.62. The fourth-order valence-corrected chi connectivity index (χ4v) is 3.79. The van der Waals surface area contributed by atoms with Gasteiger partial charge in [-0.15, -0.1) is 30.6 Å². The minimum Gasteiger partial charge on any atom is -0.452 e. The van der Waals surface area contributed by atoms with Crippen molar-refractivity contribution >= 4 is 35.0 Å². The minimum atomic E-state index is 0.282. The molecule has 0 spiro atoms. The number of rotatable bonds is 3. The van der Waals surface area contributed by atoms with Crippen LogP contribution in [0.1, 0.15) is 284 Å². The molecule has 0 radical (unpaired) electrons. The molecule has 36 nitrogen and oxygen atoms in total. The first-order valence-corrected chi connectivity index (χ1v) is 40.6. The van der Waals surface area contributed by atoms with Crippen molar-refractivity contribution in [1.82, 2.24) is 150 Å². The highest BCUT2D eigenvalue weighted by Crippen LogP contribution is 2.12.